The van der Waals surface area contributed by atoms with Crippen LogP contribution in [0.4, 0.5) is 0 Å². The summed E-state index contributed by atoms with van der Waals surface area (Å²) in [5.41, 5.74) is 5.34. The van der Waals surface area contributed by atoms with Gasteiger partial charge in [-0.25, -0.2) is 0 Å². The highest BCUT2D eigenvalue weighted by atomic mass is 32.2. The normalized spacial score (nSPS) is 21.4. The van der Waals surface area contributed by atoms with E-state index in [4.69, 9.17) is 5.73 Å². The third kappa shape index (κ3) is 3.73. The molecule has 1 saturated heterocycles. The lowest BCUT2D eigenvalue weighted by molar-refractivity contribution is -0.136. The van der Waals surface area contributed by atoms with E-state index in [2.05, 4.69) is 6.92 Å². The number of carbonyl (C=O) groups is 3. The first-order valence-electron chi connectivity index (χ1n) is 6.18. The van der Waals surface area contributed by atoms with E-state index in [-0.39, 0.29) is 35.3 Å². The molecule has 0 saturated carbocycles. The molecule has 102 valence electrons. The number of amides is 3. The first-order valence-corrected chi connectivity index (χ1v) is 7.23. The van der Waals surface area contributed by atoms with Gasteiger partial charge in [0.25, 0.3) is 0 Å². The Balaban J connectivity index is 2.45. The Bertz CT molecular complexity index is 346. The molecule has 2 N–H and O–H groups in total. The van der Waals surface area contributed by atoms with Gasteiger partial charge in [0.05, 0.1) is 5.25 Å². The molecule has 0 bridgehead atoms. The zero-order valence-electron chi connectivity index (χ0n) is 10.8. The van der Waals surface area contributed by atoms with E-state index in [9.17, 15) is 14.4 Å². The van der Waals surface area contributed by atoms with Crippen LogP contribution in [0.15, 0.2) is 0 Å². The van der Waals surface area contributed by atoms with Crippen LogP contribution in [0.25, 0.3) is 0 Å². The van der Waals surface area contributed by atoms with Gasteiger partial charge in [0, 0.05) is 25.1 Å². The molecular formula is C12H20N2O3S. The molecule has 1 aliphatic heterocycles. The molecule has 0 aromatic carbocycles. The van der Waals surface area contributed by atoms with Gasteiger partial charge in [-0.15, -0.1) is 11.8 Å². The summed E-state index contributed by atoms with van der Waals surface area (Å²) in [7, 11) is 1.49. The molecule has 18 heavy (non-hydrogen) atoms. The number of nitrogens with two attached hydrogens (primary N) is 1. The molecule has 1 fully saturated rings. The van der Waals surface area contributed by atoms with Gasteiger partial charge in [-0.1, -0.05) is 19.8 Å². The molecule has 0 spiro atoms. The summed E-state index contributed by atoms with van der Waals surface area (Å²) in [6.07, 6.45) is 2.95. The topological polar surface area (TPSA) is 80.5 Å². The molecule has 1 rings (SSSR count). The number of hydrogen-bond acceptors (Lipinski definition) is 4. The van der Waals surface area contributed by atoms with Crippen molar-refractivity contribution < 1.29 is 14.4 Å². The number of rotatable bonds is 7. The highest BCUT2D eigenvalue weighted by Gasteiger charge is 2.36. The fourth-order valence-electron chi connectivity index (χ4n) is 1.84. The number of carbonyl (C=O) groups excluding carboxylic acids is 3. The maximum atomic E-state index is 11.7. The molecule has 2 atom stereocenters. The lowest BCUT2D eigenvalue weighted by Gasteiger charge is -2.14. The fraction of sp³-hybridized carbons (Fsp3) is 0.750. The molecule has 1 aliphatic rings. The largest absolute Gasteiger partial charge is 0.369 e. The van der Waals surface area contributed by atoms with Crippen LogP contribution in [0.1, 0.15) is 32.6 Å². The average molecular weight is 272 g/mol. The maximum Gasteiger partial charge on any atom is 0.242 e. The number of imide groups is 1. The molecule has 6 heteroatoms. The quantitative estimate of drug-likeness (QED) is 0.694. The van der Waals surface area contributed by atoms with Crippen LogP contribution < -0.4 is 5.73 Å². The zero-order chi connectivity index (χ0) is 13.7. The highest BCUT2D eigenvalue weighted by Crippen LogP contribution is 2.27. The Morgan fingerprint density at radius 1 is 1.56 bits per heavy atom. The Labute approximate surface area is 111 Å². The van der Waals surface area contributed by atoms with E-state index in [1.165, 1.54) is 18.8 Å². The van der Waals surface area contributed by atoms with Crippen molar-refractivity contribution in [3.63, 3.8) is 0 Å². The second-order valence-electron chi connectivity index (χ2n) is 4.56. The molecule has 5 nitrogen and oxygen atoms in total. The summed E-state index contributed by atoms with van der Waals surface area (Å²) in [6, 6.07) is 0. The van der Waals surface area contributed by atoms with Crippen LogP contribution in [0.5, 0.6) is 0 Å². The molecule has 1 heterocycles. The minimum Gasteiger partial charge on any atom is -0.369 e. The molecule has 0 aliphatic carbocycles. The van der Waals surface area contributed by atoms with Crippen molar-refractivity contribution in [3.05, 3.63) is 0 Å². The van der Waals surface area contributed by atoms with E-state index in [0.29, 0.717) is 5.75 Å². The average Bonchev–Trinajstić information content (AvgIpc) is 2.56. The molecule has 0 radical (unpaired) electrons. The number of thioether (sulfide) groups is 1. The van der Waals surface area contributed by atoms with Crippen molar-refractivity contribution in [1.82, 2.24) is 4.90 Å². The molecule has 0 aromatic rings. The van der Waals surface area contributed by atoms with E-state index in [0.717, 1.165) is 24.2 Å². The molecular weight excluding hydrogens is 252 g/mol. The van der Waals surface area contributed by atoms with Crippen molar-refractivity contribution in [2.45, 2.75) is 37.9 Å². The Kier molecular flexibility index (Phi) is 5.65. The second kappa shape index (κ2) is 6.78. The lowest BCUT2D eigenvalue weighted by Crippen LogP contribution is -2.29. The number of hydrogen-bond donors (Lipinski definition) is 1. The molecule has 2 unspecified atom stereocenters. The molecule has 3 amide bonds. The predicted molar refractivity (Wildman–Crippen MR) is 70.8 cm³/mol. The summed E-state index contributed by atoms with van der Waals surface area (Å²) >= 11 is 1.37. The fourth-order valence-corrected chi connectivity index (χ4v) is 3.20. The highest BCUT2D eigenvalue weighted by molar-refractivity contribution is 8.00. The Morgan fingerprint density at radius 2 is 2.22 bits per heavy atom. The van der Waals surface area contributed by atoms with Crippen LogP contribution in [0.2, 0.25) is 0 Å². The van der Waals surface area contributed by atoms with Gasteiger partial charge in [0.1, 0.15) is 0 Å². The van der Waals surface area contributed by atoms with Gasteiger partial charge in [0.15, 0.2) is 0 Å². The van der Waals surface area contributed by atoms with E-state index < -0.39 is 0 Å². The van der Waals surface area contributed by atoms with Crippen LogP contribution >= 0.6 is 11.8 Å². The van der Waals surface area contributed by atoms with Gasteiger partial charge < -0.3 is 5.73 Å². The van der Waals surface area contributed by atoms with E-state index in [1.807, 2.05) is 0 Å². The summed E-state index contributed by atoms with van der Waals surface area (Å²) < 4.78 is 0. The monoisotopic (exact) mass is 272 g/mol. The number of primary amides is 1. The number of nitrogens with zero attached hydrogens (tertiary/aromatic N) is 1. The standard InChI is InChI=1S/C12H20N2O3S/c1-3-4-5-8(11(13)16)7-18-9-6-10(15)14(2)12(9)17/h8-9H,3-7H2,1-2H3,(H2,13,16). The van der Waals surface area contributed by atoms with Gasteiger partial charge >= 0.3 is 0 Å². The third-order valence-electron chi connectivity index (χ3n) is 3.15. The number of unbranched alkanes of at least 4 members (excludes halogenated alkanes) is 1. The van der Waals surface area contributed by atoms with Crippen LogP contribution in [0, 0.1) is 5.92 Å². The lowest BCUT2D eigenvalue weighted by atomic mass is 10.0. The smallest absolute Gasteiger partial charge is 0.242 e. The maximum absolute atomic E-state index is 11.7. The summed E-state index contributed by atoms with van der Waals surface area (Å²) in [5, 5.41) is -0.342. The Hall–Kier alpha value is -1.04. The van der Waals surface area contributed by atoms with Crippen LogP contribution in [-0.2, 0) is 14.4 Å². The van der Waals surface area contributed by atoms with Crippen LogP contribution in [0.3, 0.4) is 0 Å². The van der Waals surface area contributed by atoms with E-state index in [1.54, 1.807) is 0 Å². The summed E-state index contributed by atoms with van der Waals surface area (Å²) in [6.45, 7) is 2.05. The molecule has 0 aromatic heterocycles. The first-order chi connectivity index (χ1) is 8.47. The summed E-state index contributed by atoms with van der Waals surface area (Å²) in [4.78, 5) is 35.4. The second-order valence-corrected chi connectivity index (χ2v) is 5.79. The first kappa shape index (κ1) is 15.0. The Morgan fingerprint density at radius 3 is 2.67 bits per heavy atom. The van der Waals surface area contributed by atoms with Gasteiger partial charge in [-0.3, -0.25) is 19.3 Å². The van der Waals surface area contributed by atoms with Crippen molar-refractivity contribution in [2.24, 2.45) is 11.7 Å². The summed E-state index contributed by atoms with van der Waals surface area (Å²) in [5.74, 6) is -0.317. The van der Waals surface area contributed by atoms with Crippen molar-refractivity contribution in [3.8, 4) is 0 Å². The zero-order valence-corrected chi connectivity index (χ0v) is 11.7. The third-order valence-corrected chi connectivity index (χ3v) is 4.51. The predicted octanol–water partition coefficient (Wildman–Crippen LogP) is 0.769. The van der Waals surface area contributed by atoms with Crippen molar-refractivity contribution in [2.75, 3.05) is 12.8 Å². The van der Waals surface area contributed by atoms with Gasteiger partial charge in [-0.05, 0) is 6.42 Å². The van der Waals surface area contributed by atoms with Gasteiger partial charge in [0.2, 0.25) is 17.7 Å². The van der Waals surface area contributed by atoms with Gasteiger partial charge in [-0.2, -0.15) is 0 Å². The SMILES string of the molecule is CCCCC(CSC1CC(=O)N(C)C1=O)C(N)=O. The van der Waals surface area contributed by atoms with E-state index >= 15 is 0 Å². The van der Waals surface area contributed by atoms with Crippen molar-refractivity contribution in [1.29, 1.82) is 0 Å². The minimum absolute atomic E-state index is 0.151. The van der Waals surface area contributed by atoms with Crippen LogP contribution in [-0.4, -0.2) is 40.7 Å². The number of likely N-dealkylation sites (tertiary alicyclic amines) is 1. The van der Waals surface area contributed by atoms with Crippen molar-refractivity contribution >= 4 is 29.5 Å². The minimum atomic E-state index is -0.342.